The predicted molar refractivity (Wildman–Crippen MR) is 66.8 cm³/mol. The number of hydrogen-bond donors (Lipinski definition) is 0. The maximum absolute atomic E-state index is 5.80. The summed E-state index contributed by atoms with van der Waals surface area (Å²) in [5.41, 5.74) is 2.73. The van der Waals surface area contributed by atoms with Gasteiger partial charge in [-0.3, -0.25) is 0 Å². The average molecular weight is 220 g/mol. The normalized spacial score (nSPS) is 11.5. The van der Waals surface area contributed by atoms with Crippen molar-refractivity contribution in [1.29, 1.82) is 0 Å². The molecule has 0 amide bonds. The van der Waals surface area contributed by atoms with Crippen molar-refractivity contribution in [3.8, 4) is 0 Å². The third-order valence-corrected chi connectivity index (χ3v) is 3.00. The molecule has 17 heavy (non-hydrogen) atoms. The van der Waals surface area contributed by atoms with Crippen molar-refractivity contribution in [1.82, 2.24) is 9.97 Å². The Labute approximate surface area is 96.7 Å². The lowest BCUT2D eigenvalue weighted by Crippen LogP contribution is -1.79. The van der Waals surface area contributed by atoms with Gasteiger partial charge in [0.15, 0.2) is 0 Å². The zero-order valence-corrected chi connectivity index (χ0v) is 8.92. The van der Waals surface area contributed by atoms with Gasteiger partial charge in [0.25, 0.3) is 0 Å². The smallest absolute Gasteiger partial charge is 0.136 e. The van der Waals surface area contributed by atoms with E-state index in [4.69, 9.17) is 4.42 Å². The van der Waals surface area contributed by atoms with Gasteiger partial charge in [-0.25, -0.2) is 9.97 Å². The van der Waals surface area contributed by atoms with Gasteiger partial charge in [-0.05, 0) is 18.2 Å². The largest absolute Gasteiger partial charge is 0.456 e. The summed E-state index contributed by atoms with van der Waals surface area (Å²) in [5, 5.41) is 3.23. The van der Waals surface area contributed by atoms with Crippen molar-refractivity contribution in [2.45, 2.75) is 0 Å². The van der Waals surface area contributed by atoms with Gasteiger partial charge in [0.2, 0.25) is 0 Å². The Bertz CT molecular complexity index is 842. The van der Waals surface area contributed by atoms with E-state index in [1.807, 2.05) is 24.3 Å². The third kappa shape index (κ3) is 1.16. The molecule has 4 rings (SSSR count). The minimum atomic E-state index is 0.883. The summed E-state index contributed by atoms with van der Waals surface area (Å²) in [4.78, 5) is 8.29. The molecule has 0 aliphatic rings. The molecule has 2 aromatic heterocycles. The lowest BCUT2D eigenvalue weighted by molar-refractivity contribution is 0.669. The number of fused-ring (bicyclic) bond motifs is 4. The summed E-state index contributed by atoms with van der Waals surface area (Å²) in [7, 11) is 0. The van der Waals surface area contributed by atoms with Crippen molar-refractivity contribution in [3.63, 3.8) is 0 Å². The highest BCUT2D eigenvalue weighted by Gasteiger charge is 2.07. The van der Waals surface area contributed by atoms with E-state index >= 15 is 0 Å². The number of para-hydroxylation sites is 1. The first kappa shape index (κ1) is 8.70. The van der Waals surface area contributed by atoms with Gasteiger partial charge in [0.05, 0.1) is 5.52 Å². The molecule has 2 heterocycles. The first-order valence-corrected chi connectivity index (χ1v) is 5.43. The number of rotatable bonds is 0. The predicted octanol–water partition coefficient (Wildman–Crippen LogP) is 3.53. The number of nitrogens with zero attached hydrogens (tertiary/aromatic N) is 2. The second-order valence-electron chi connectivity index (χ2n) is 4.03. The maximum Gasteiger partial charge on any atom is 0.136 e. The molecular weight excluding hydrogens is 212 g/mol. The zero-order chi connectivity index (χ0) is 11.2. The molecule has 0 aliphatic heterocycles. The molecule has 3 heteroatoms. The van der Waals surface area contributed by atoms with Crippen LogP contribution < -0.4 is 0 Å². The lowest BCUT2D eigenvalue weighted by atomic mass is 10.1. The second kappa shape index (κ2) is 3.04. The molecule has 0 N–H and O–H groups in total. The Morgan fingerprint density at radius 2 is 1.88 bits per heavy atom. The van der Waals surface area contributed by atoms with E-state index in [1.54, 1.807) is 12.5 Å². The minimum absolute atomic E-state index is 0.883. The maximum atomic E-state index is 5.80. The molecule has 0 unspecified atom stereocenters. The van der Waals surface area contributed by atoms with Crippen LogP contribution >= 0.6 is 0 Å². The zero-order valence-electron chi connectivity index (χ0n) is 8.92. The summed E-state index contributed by atoms with van der Waals surface area (Å²) in [6.45, 7) is 0. The fraction of sp³-hybridized carbons (Fsp3) is 0. The van der Waals surface area contributed by atoms with Crippen LogP contribution in [0, 0.1) is 0 Å². The molecule has 0 atom stereocenters. The van der Waals surface area contributed by atoms with Crippen LogP contribution in [-0.4, -0.2) is 9.97 Å². The van der Waals surface area contributed by atoms with Crippen LogP contribution in [0.2, 0.25) is 0 Å². The minimum Gasteiger partial charge on any atom is -0.456 e. The number of aromatic nitrogens is 2. The molecule has 0 aliphatic carbocycles. The van der Waals surface area contributed by atoms with E-state index in [9.17, 15) is 0 Å². The Hall–Kier alpha value is -2.42. The molecule has 0 saturated carbocycles. The molecule has 0 spiro atoms. The van der Waals surface area contributed by atoms with Crippen LogP contribution in [0.3, 0.4) is 0 Å². The van der Waals surface area contributed by atoms with Crippen molar-refractivity contribution in [2.24, 2.45) is 0 Å². The highest BCUT2D eigenvalue weighted by atomic mass is 16.3. The van der Waals surface area contributed by atoms with Gasteiger partial charge in [0.1, 0.15) is 17.5 Å². The van der Waals surface area contributed by atoms with Crippen molar-refractivity contribution in [3.05, 3.63) is 48.9 Å². The Morgan fingerprint density at radius 3 is 2.88 bits per heavy atom. The quantitative estimate of drug-likeness (QED) is 0.455. The van der Waals surface area contributed by atoms with Gasteiger partial charge in [-0.15, -0.1) is 0 Å². The average Bonchev–Trinajstić information content (AvgIpc) is 2.73. The van der Waals surface area contributed by atoms with Crippen LogP contribution in [0.5, 0.6) is 0 Å². The van der Waals surface area contributed by atoms with E-state index in [2.05, 4.69) is 22.1 Å². The van der Waals surface area contributed by atoms with Crippen LogP contribution in [-0.2, 0) is 0 Å². The Balaban J connectivity index is 2.28. The van der Waals surface area contributed by atoms with Gasteiger partial charge < -0.3 is 4.42 Å². The molecular formula is C14H8N2O. The van der Waals surface area contributed by atoms with Crippen molar-refractivity contribution in [2.75, 3.05) is 0 Å². The fourth-order valence-electron chi connectivity index (χ4n) is 2.20. The molecule has 0 saturated heterocycles. The molecule has 0 fully saturated rings. The number of hydrogen-bond acceptors (Lipinski definition) is 3. The third-order valence-electron chi connectivity index (χ3n) is 3.00. The van der Waals surface area contributed by atoms with Crippen LogP contribution in [0.1, 0.15) is 0 Å². The molecule has 0 radical (unpaired) electrons. The van der Waals surface area contributed by atoms with E-state index < -0.39 is 0 Å². The standard InChI is InChI=1S/C14H8N2O/c1-2-4-13-10(3-1)11-6-12-9(5-14(11)17-13)7-15-8-16-12/h1-8H. The summed E-state index contributed by atoms with van der Waals surface area (Å²) in [6.07, 6.45) is 3.37. The van der Waals surface area contributed by atoms with Crippen molar-refractivity contribution >= 4 is 32.8 Å². The summed E-state index contributed by atoms with van der Waals surface area (Å²) < 4.78 is 5.80. The topological polar surface area (TPSA) is 38.9 Å². The highest BCUT2D eigenvalue weighted by Crippen LogP contribution is 2.30. The second-order valence-corrected chi connectivity index (χ2v) is 4.03. The Kier molecular flexibility index (Phi) is 1.56. The van der Waals surface area contributed by atoms with Crippen molar-refractivity contribution < 1.29 is 4.42 Å². The Morgan fingerprint density at radius 1 is 0.941 bits per heavy atom. The van der Waals surface area contributed by atoms with E-state index in [0.717, 1.165) is 32.8 Å². The molecule has 80 valence electrons. The highest BCUT2D eigenvalue weighted by molar-refractivity contribution is 6.09. The summed E-state index contributed by atoms with van der Waals surface area (Å²) in [5.74, 6) is 0. The monoisotopic (exact) mass is 220 g/mol. The van der Waals surface area contributed by atoms with Gasteiger partial charge >= 0.3 is 0 Å². The van der Waals surface area contributed by atoms with Crippen LogP contribution in [0.15, 0.2) is 53.3 Å². The van der Waals surface area contributed by atoms with Gasteiger partial charge in [-0.1, -0.05) is 18.2 Å². The van der Waals surface area contributed by atoms with E-state index in [0.29, 0.717) is 0 Å². The summed E-state index contributed by atoms with van der Waals surface area (Å²) in [6, 6.07) is 12.1. The lowest BCUT2D eigenvalue weighted by Gasteiger charge is -1.95. The molecule has 3 nitrogen and oxygen atoms in total. The number of furan rings is 1. The van der Waals surface area contributed by atoms with Crippen LogP contribution in [0.25, 0.3) is 32.8 Å². The first-order chi connectivity index (χ1) is 8.42. The fourth-order valence-corrected chi connectivity index (χ4v) is 2.20. The number of benzene rings is 2. The van der Waals surface area contributed by atoms with E-state index in [-0.39, 0.29) is 0 Å². The molecule has 0 bridgehead atoms. The SMILES string of the molecule is c1ccc2c(c1)oc1cc3cncnc3cc12. The van der Waals surface area contributed by atoms with Crippen LogP contribution in [0.4, 0.5) is 0 Å². The van der Waals surface area contributed by atoms with Gasteiger partial charge in [-0.2, -0.15) is 0 Å². The van der Waals surface area contributed by atoms with Gasteiger partial charge in [0, 0.05) is 22.4 Å². The van der Waals surface area contributed by atoms with E-state index in [1.165, 1.54) is 0 Å². The molecule has 4 aromatic rings. The first-order valence-electron chi connectivity index (χ1n) is 5.43. The summed E-state index contributed by atoms with van der Waals surface area (Å²) >= 11 is 0. The molecule has 2 aromatic carbocycles.